The number of hydrogen-bond acceptors (Lipinski definition) is 3. The van der Waals surface area contributed by atoms with E-state index in [0.29, 0.717) is 15.6 Å². The Kier molecular flexibility index (Phi) is 4.95. The molecule has 1 heterocycles. The van der Waals surface area contributed by atoms with E-state index in [1.807, 2.05) is 30.3 Å². The summed E-state index contributed by atoms with van der Waals surface area (Å²) < 4.78 is 0. The van der Waals surface area contributed by atoms with Crippen molar-refractivity contribution in [1.82, 2.24) is 4.90 Å². The zero-order chi connectivity index (χ0) is 16.4. The molecule has 0 aliphatic carbocycles. The minimum absolute atomic E-state index is 0.164. The van der Waals surface area contributed by atoms with Crippen molar-refractivity contribution in [2.75, 3.05) is 5.75 Å². The predicted molar refractivity (Wildman–Crippen MR) is 93.7 cm³/mol. The van der Waals surface area contributed by atoms with Crippen LogP contribution in [0.15, 0.2) is 48.5 Å². The molecular weight excluding hydrogens is 353 g/mol. The zero-order valence-corrected chi connectivity index (χ0v) is 14.4. The summed E-state index contributed by atoms with van der Waals surface area (Å²) in [4.78, 5) is 26.2. The van der Waals surface area contributed by atoms with E-state index in [-0.39, 0.29) is 29.4 Å². The number of carbonyl (C=O) groups is 2. The maximum Gasteiger partial charge on any atom is 0.247 e. The summed E-state index contributed by atoms with van der Waals surface area (Å²) in [5, 5.41) is 0.611. The third-order valence-electron chi connectivity index (χ3n) is 3.61. The van der Waals surface area contributed by atoms with Gasteiger partial charge >= 0.3 is 0 Å². The van der Waals surface area contributed by atoms with E-state index in [0.717, 1.165) is 5.56 Å². The molecule has 3 rings (SSSR count). The lowest BCUT2D eigenvalue weighted by atomic mass is 10.1. The Morgan fingerprint density at radius 1 is 1.09 bits per heavy atom. The molecule has 1 atom stereocenters. The lowest BCUT2D eigenvalue weighted by molar-refractivity contribution is -0.144. The Balaban J connectivity index is 1.85. The number of hydrogen-bond donors (Lipinski definition) is 0. The van der Waals surface area contributed by atoms with Gasteiger partial charge in [0, 0.05) is 10.0 Å². The molecule has 2 amide bonds. The fourth-order valence-electron chi connectivity index (χ4n) is 2.42. The lowest BCUT2D eigenvalue weighted by Gasteiger charge is -2.30. The number of benzene rings is 2. The first-order valence-corrected chi connectivity index (χ1v) is 8.81. The molecule has 0 unspecified atom stereocenters. The van der Waals surface area contributed by atoms with E-state index >= 15 is 0 Å². The molecule has 2 aromatic rings. The summed E-state index contributed by atoms with van der Waals surface area (Å²) in [7, 11) is 0. The molecule has 23 heavy (non-hydrogen) atoms. The number of carbonyl (C=O) groups excluding carboxylic acids is 2. The summed E-state index contributed by atoms with van der Waals surface area (Å²) >= 11 is 13.4. The highest BCUT2D eigenvalue weighted by Crippen LogP contribution is 2.35. The standard InChI is InChI=1S/C17H13Cl2NO2S/c18-13-7-6-12(14(19)8-13)9-20-15(21)10-23-16(17(20)22)11-4-2-1-3-5-11/h1-8,16H,9-10H2/t16-/m0/s1. The minimum atomic E-state index is -0.361. The van der Waals surface area contributed by atoms with Gasteiger partial charge in [0.1, 0.15) is 5.25 Å². The summed E-state index contributed by atoms with van der Waals surface area (Å²) in [6.07, 6.45) is 0. The van der Waals surface area contributed by atoms with Crippen LogP contribution in [0.3, 0.4) is 0 Å². The molecule has 0 N–H and O–H groups in total. The highest BCUT2D eigenvalue weighted by Gasteiger charge is 2.35. The number of nitrogens with zero attached hydrogens (tertiary/aromatic N) is 1. The van der Waals surface area contributed by atoms with Gasteiger partial charge in [-0.1, -0.05) is 59.6 Å². The van der Waals surface area contributed by atoms with Crippen LogP contribution in [0.25, 0.3) is 0 Å². The minimum Gasteiger partial charge on any atom is -0.276 e. The van der Waals surface area contributed by atoms with Gasteiger partial charge in [-0.15, -0.1) is 11.8 Å². The SMILES string of the molecule is O=C1CS[C@@H](c2ccccc2)C(=O)N1Cc1ccc(Cl)cc1Cl. The van der Waals surface area contributed by atoms with Crippen LogP contribution in [0.4, 0.5) is 0 Å². The van der Waals surface area contributed by atoms with E-state index in [1.165, 1.54) is 16.7 Å². The number of imide groups is 1. The van der Waals surface area contributed by atoms with E-state index in [4.69, 9.17) is 23.2 Å². The highest BCUT2D eigenvalue weighted by atomic mass is 35.5. The summed E-state index contributed by atoms with van der Waals surface area (Å²) in [5.41, 5.74) is 1.61. The Hall–Kier alpha value is -1.49. The van der Waals surface area contributed by atoms with Crippen molar-refractivity contribution in [2.24, 2.45) is 0 Å². The zero-order valence-electron chi connectivity index (χ0n) is 12.0. The van der Waals surface area contributed by atoms with E-state index in [2.05, 4.69) is 0 Å². The molecule has 0 aromatic heterocycles. The fraction of sp³-hybridized carbons (Fsp3) is 0.176. The number of amides is 2. The van der Waals surface area contributed by atoms with Gasteiger partial charge in [0.05, 0.1) is 12.3 Å². The number of thioether (sulfide) groups is 1. The molecule has 0 saturated carbocycles. The molecule has 3 nitrogen and oxygen atoms in total. The average molecular weight is 366 g/mol. The van der Waals surface area contributed by atoms with E-state index in [1.54, 1.807) is 18.2 Å². The van der Waals surface area contributed by atoms with Crippen molar-refractivity contribution in [1.29, 1.82) is 0 Å². The van der Waals surface area contributed by atoms with Crippen molar-refractivity contribution < 1.29 is 9.59 Å². The molecule has 118 valence electrons. The van der Waals surface area contributed by atoms with Gasteiger partial charge in [-0.2, -0.15) is 0 Å². The lowest BCUT2D eigenvalue weighted by Crippen LogP contribution is -2.43. The first-order valence-electron chi connectivity index (χ1n) is 7.01. The number of halogens is 2. The molecule has 1 aliphatic rings. The van der Waals surface area contributed by atoms with Gasteiger partial charge in [-0.05, 0) is 23.3 Å². The van der Waals surface area contributed by atoms with Crippen LogP contribution < -0.4 is 0 Å². The average Bonchev–Trinajstić information content (AvgIpc) is 2.54. The van der Waals surface area contributed by atoms with Crippen LogP contribution in [0.2, 0.25) is 10.0 Å². The van der Waals surface area contributed by atoms with Crippen LogP contribution in [0.1, 0.15) is 16.4 Å². The van der Waals surface area contributed by atoms with Crippen molar-refractivity contribution in [3.63, 3.8) is 0 Å². The molecule has 2 aromatic carbocycles. The Bertz CT molecular complexity index is 752. The molecule has 0 spiro atoms. The van der Waals surface area contributed by atoms with Crippen molar-refractivity contribution in [3.8, 4) is 0 Å². The summed E-state index contributed by atoms with van der Waals surface area (Å²) in [6.45, 7) is 0.164. The van der Waals surface area contributed by atoms with Crippen molar-refractivity contribution in [3.05, 3.63) is 69.7 Å². The summed E-state index contributed by atoms with van der Waals surface area (Å²) in [5.74, 6) is -0.127. The molecule has 1 aliphatic heterocycles. The van der Waals surface area contributed by atoms with Gasteiger partial charge in [-0.3, -0.25) is 14.5 Å². The second-order valence-electron chi connectivity index (χ2n) is 5.16. The predicted octanol–water partition coefficient (Wildman–Crippen LogP) is 4.34. The van der Waals surface area contributed by atoms with Gasteiger partial charge in [0.2, 0.25) is 11.8 Å². The third kappa shape index (κ3) is 3.55. The topological polar surface area (TPSA) is 37.4 Å². The van der Waals surface area contributed by atoms with Crippen LogP contribution in [0.5, 0.6) is 0 Å². The second-order valence-corrected chi connectivity index (χ2v) is 7.09. The Morgan fingerprint density at radius 2 is 1.83 bits per heavy atom. The third-order valence-corrected chi connectivity index (χ3v) is 5.42. The molecule has 1 saturated heterocycles. The molecule has 6 heteroatoms. The van der Waals surface area contributed by atoms with E-state index < -0.39 is 0 Å². The summed E-state index contributed by atoms with van der Waals surface area (Å²) in [6, 6.07) is 14.5. The maximum atomic E-state index is 12.7. The molecular formula is C17H13Cl2NO2S. The van der Waals surface area contributed by atoms with Gasteiger partial charge in [0.15, 0.2) is 0 Å². The first kappa shape index (κ1) is 16.4. The smallest absolute Gasteiger partial charge is 0.247 e. The van der Waals surface area contributed by atoms with Gasteiger partial charge in [0.25, 0.3) is 0 Å². The van der Waals surface area contributed by atoms with E-state index in [9.17, 15) is 9.59 Å². The first-order chi connectivity index (χ1) is 11.1. The van der Waals surface area contributed by atoms with Gasteiger partial charge in [-0.25, -0.2) is 0 Å². The normalized spacial score (nSPS) is 18.3. The molecule has 0 bridgehead atoms. The Morgan fingerprint density at radius 3 is 2.52 bits per heavy atom. The molecule has 1 fully saturated rings. The van der Waals surface area contributed by atoms with Crippen LogP contribution in [0, 0.1) is 0 Å². The van der Waals surface area contributed by atoms with Crippen molar-refractivity contribution >= 4 is 46.8 Å². The molecule has 0 radical (unpaired) electrons. The number of rotatable bonds is 3. The van der Waals surface area contributed by atoms with Crippen LogP contribution >= 0.6 is 35.0 Å². The fourth-order valence-corrected chi connectivity index (χ4v) is 3.97. The quantitative estimate of drug-likeness (QED) is 0.759. The highest BCUT2D eigenvalue weighted by molar-refractivity contribution is 8.01. The maximum absolute atomic E-state index is 12.7. The monoisotopic (exact) mass is 365 g/mol. The van der Waals surface area contributed by atoms with Gasteiger partial charge < -0.3 is 0 Å². The second kappa shape index (κ2) is 6.95. The Labute approximate surface area is 148 Å². The largest absolute Gasteiger partial charge is 0.276 e. The van der Waals surface area contributed by atoms with Crippen LogP contribution in [-0.4, -0.2) is 22.5 Å². The van der Waals surface area contributed by atoms with Crippen molar-refractivity contribution in [2.45, 2.75) is 11.8 Å². The van der Waals surface area contributed by atoms with Crippen LogP contribution in [-0.2, 0) is 16.1 Å².